The molecule has 1 spiro atoms. The average Bonchev–Trinajstić information content (AvgIpc) is 3.41. The van der Waals surface area contributed by atoms with E-state index in [4.69, 9.17) is 4.74 Å². The number of carbonyl (C=O) groups excluding carboxylic acids is 3. The second kappa shape index (κ2) is 11.3. The molecule has 1 N–H and O–H groups in total. The van der Waals surface area contributed by atoms with Crippen molar-refractivity contribution >= 4 is 29.5 Å². The summed E-state index contributed by atoms with van der Waals surface area (Å²) >= 11 is 1.64. The highest BCUT2D eigenvalue weighted by Crippen LogP contribution is 2.69. The molecule has 0 aromatic carbocycles. The van der Waals surface area contributed by atoms with Crippen LogP contribution in [-0.2, 0) is 19.1 Å². The van der Waals surface area contributed by atoms with E-state index >= 15 is 0 Å². The van der Waals surface area contributed by atoms with Crippen molar-refractivity contribution < 1.29 is 24.2 Å². The molecule has 7 atom stereocenters. The summed E-state index contributed by atoms with van der Waals surface area (Å²) in [5.74, 6) is -1.80. The van der Waals surface area contributed by atoms with Gasteiger partial charge in [-0.2, -0.15) is 0 Å². The molecule has 3 aliphatic rings. The van der Waals surface area contributed by atoms with Crippen molar-refractivity contribution in [1.82, 2.24) is 9.80 Å². The van der Waals surface area contributed by atoms with Gasteiger partial charge >= 0.3 is 5.97 Å². The zero-order chi connectivity index (χ0) is 26.8. The Balaban J connectivity index is 2.02. The monoisotopic (exact) mass is 520 g/mol. The van der Waals surface area contributed by atoms with E-state index in [0.29, 0.717) is 19.6 Å². The number of nitrogens with zero attached hydrogens (tertiary/aromatic N) is 2. The molecule has 0 radical (unpaired) electrons. The number of likely N-dealkylation sites (tertiary alicyclic amines) is 1. The van der Waals surface area contributed by atoms with Gasteiger partial charge in [0.25, 0.3) is 0 Å². The fourth-order valence-corrected chi connectivity index (χ4v) is 8.84. The molecule has 202 valence electrons. The van der Waals surface area contributed by atoms with Crippen molar-refractivity contribution in [3.8, 4) is 0 Å². The summed E-state index contributed by atoms with van der Waals surface area (Å²) in [6.45, 7) is 18.0. The second-order valence-corrected chi connectivity index (χ2v) is 13.0. The molecule has 2 bridgehead atoms. The number of carbonyl (C=O) groups is 3. The fraction of sp³-hybridized carbons (Fsp3) is 0.750. The summed E-state index contributed by atoms with van der Waals surface area (Å²) in [6, 6.07) is -1.24. The molecule has 0 aliphatic carbocycles. The summed E-state index contributed by atoms with van der Waals surface area (Å²) < 4.78 is 4.96. The van der Waals surface area contributed by atoms with Crippen LogP contribution in [0.2, 0.25) is 0 Å². The van der Waals surface area contributed by atoms with Gasteiger partial charge in [0.1, 0.15) is 6.04 Å². The van der Waals surface area contributed by atoms with E-state index in [-0.39, 0.29) is 35.6 Å². The molecule has 7 nitrogen and oxygen atoms in total. The third-order valence-electron chi connectivity index (χ3n) is 8.20. The van der Waals surface area contributed by atoms with E-state index in [2.05, 4.69) is 20.1 Å². The standard InChI is InChI=1S/C28H44N2O5S/c1-8-11-12-13-15-35-26(34)21-20-16-18(4)28(36-20)22(21)24(32)30(19(10-3)17-31)23(28)25(33)29(14-9-2)27(5,6)7/h8-9,18-23,31H,1-2,10-17H2,3-7H3/t18?,19-,20-,21+,22-,23?,28?/m0/s1. The van der Waals surface area contributed by atoms with Crippen LogP contribution in [0.1, 0.15) is 66.7 Å². The highest BCUT2D eigenvalue weighted by atomic mass is 32.2. The smallest absolute Gasteiger partial charge is 0.310 e. The first kappa shape index (κ1) is 28.8. The van der Waals surface area contributed by atoms with Crippen molar-refractivity contribution in [3.63, 3.8) is 0 Å². The Morgan fingerprint density at radius 1 is 1.31 bits per heavy atom. The van der Waals surface area contributed by atoms with Crippen molar-refractivity contribution in [2.45, 2.75) is 94.3 Å². The average molecular weight is 521 g/mol. The van der Waals surface area contributed by atoms with Crippen molar-refractivity contribution in [3.05, 3.63) is 25.3 Å². The first-order valence-electron chi connectivity index (χ1n) is 13.3. The van der Waals surface area contributed by atoms with Gasteiger partial charge in [0.2, 0.25) is 11.8 Å². The second-order valence-electron chi connectivity index (χ2n) is 11.4. The number of hydrogen-bond donors (Lipinski definition) is 1. The van der Waals surface area contributed by atoms with Crippen molar-refractivity contribution in [2.24, 2.45) is 17.8 Å². The van der Waals surface area contributed by atoms with E-state index in [1.54, 1.807) is 27.6 Å². The van der Waals surface area contributed by atoms with Crippen LogP contribution in [0, 0.1) is 17.8 Å². The normalized spacial score (nSPS) is 31.8. The summed E-state index contributed by atoms with van der Waals surface area (Å²) in [5, 5.41) is 10.2. The molecular formula is C28H44N2O5S. The zero-order valence-electron chi connectivity index (χ0n) is 22.6. The third kappa shape index (κ3) is 4.75. The fourth-order valence-electron chi connectivity index (χ4n) is 6.45. The zero-order valence-corrected chi connectivity index (χ0v) is 23.4. The van der Waals surface area contributed by atoms with Gasteiger partial charge in [-0.1, -0.05) is 26.0 Å². The molecule has 3 unspecified atom stereocenters. The quantitative estimate of drug-likeness (QED) is 0.239. The van der Waals surface area contributed by atoms with Crippen LogP contribution in [0.3, 0.4) is 0 Å². The summed E-state index contributed by atoms with van der Waals surface area (Å²) in [4.78, 5) is 45.3. The molecular weight excluding hydrogens is 476 g/mol. The number of aliphatic hydroxyl groups excluding tert-OH is 1. The molecule has 36 heavy (non-hydrogen) atoms. The Morgan fingerprint density at radius 3 is 2.56 bits per heavy atom. The van der Waals surface area contributed by atoms with E-state index in [1.807, 2.05) is 33.8 Å². The van der Waals surface area contributed by atoms with Gasteiger partial charge in [0, 0.05) is 17.3 Å². The van der Waals surface area contributed by atoms with E-state index in [0.717, 1.165) is 25.7 Å². The number of allylic oxidation sites excluding steroid dienone is 1. The molecule has 0 aromatic rings. The van der Waals surface area contributed by atoms with Crippen LogP contribution < -0.4 is 0 Å². The van der Waals surface area contributed by atoms with Crippen LogP contribution in [-0.4, -0.2) is 80.1 Å². The Morgan fingerprint density at radius 2 is 2.00 bits per heavy atom. The number of rotatable bonds is 12. The minimum Gasteiger partial charge on any atom is -0.465 e. The molecule has 0 aromatic heterocycles. The largest absolute Gasteiger partial charge is 0.465 e. The van der Waals surface area contributed by atoms with Crippen molar-refractivity contribution in [2.75, 3.05) is 19.8 Å². The van der Waals surface area contributed by atoms with Crippen LogP contribution >= 0.6 is 11.8 Å². The highest BCUT2D eigenvalue weighted by Gasteiger charge is 2.77. The van der Waals surface area contributed by atoms with Gasteiger partial charge < -0.3 is 19.6 Å². The number of amides is 2. The molecule has 0 saturated carbocycles. The number of fused-ring (bicyclic) bond motifs is 1. The van der Waals surface area contributed by atoms with Crippen LogP contribution in [0.25, 0.3) is 0 Å². The molecule has 2 amide bonds. The number of aliphatic hydroxyl groups is 1. The van der Waals surface area contributed by atoms with Gasteiger partial charge in [0.05, 0.1) is 35.8 Å². The lowest BCUT2D eigenvalue weighted by atomic mass is 9.66. The summed E-state index contributed by atoms with van der Waals surface area (Å²) in [7, 11) is 0. The maximum Gasteiger partial charge on any atom is 0.310 e. The van der Waals surface area contributed by atoms with Gasteiger partial charge in [-0.15, -0.1) is 24.9 Å². The predicted molar refractivity (Wildman–Crippen MR) is 143 cm³/mol. The predicted octanol–water partition coefficient (Wildman–Crippen LogP) is 3.81. The van der Waals surface area contributed by atoms with E-state index in [1.165, 1.54) is 0 Å². The summed E-state index contributed by atoms with van der Waals surface area (Å²) in [6.07, 6.45) is 7.35. The molecule has 3 rings (SSSR count). The third-order valence-corrected chi connectivity index (χ3v) is 10.3. The maximum absolute atomic E-state index is 14.4. The summed E-state index contributed by atoms with van der Waals surface area (Å²) in [5.41, 5.74) is -0.482. The number of unbranched alkanes of at least 4 members (excludes halogenated alkanes) is 2. The molecule has 8 heteroatoms. The lowest BCUT2D eigenvalue weighted by molar-refractivity contribution is -0.155. The Bertz CT molecular complexity index is 866. The van der Waals surface area contributed by atoms with Gasteiger partial charge in [-0.3, -0.25) is 14.4 Å². The Labute approximate surface area is 220 Å². The first-order chi connectivity index (χ1) is 17.0. The van der Waals surface area contributed by atoms with Crippen LogP contribution in [0.15, 0.2) is 25.3 Å². The molecule has 3 saturated heterocycles. The molecule has 3 aliphatic heterocycles. The highest BCUT2D eigenvalue weighted by molar-refractivity contribution is 8.02. The lowest BCUT2D eigenvalue weighted by Crippen LogP contribution is -2.61. The lowest BCUT2D eigenvalue weighted by Gasteiger charge is -2.45. The number of ether oxygens (including phenoxy) is 1. The van der Waals surface area contributed by atoms with Crippen LogP contribution in [0.5, 0.6) is 0 Å². The molecule has 3 heterocycles. The molecule has 3 fully saturated rings. The van der Waals surface area contributed by atoms with Gasteiger partial charge in [0.15, 0.2) is 0 Å². The number of esters is 1. The topological polar surface area (TPSA) is 87.2 Å². The van der Waals surface area contributed by atoms with Gasteiger partial charge in [-0.05, 0) is 58.8 Å². The number of hydrogen-bond acceptors (Lipinski definition) is 6. The minimum absolute atomic E-state index is 0.0521. The maximum atomic E-state index is 14.4. The van der Waals surface area contributed by atoms with Crippen molar-refractivity contribution in [1.29, 1.82) is 0 Å². The van der Waals surface area contributed by atoms with E-state index in [9.17, 15) is 19.5 Å². The number of thioether (sulfide) groups is 1. The first-order valence-corrected chi connectivity index (χ1v) is 14.2. The van der Waals surface area contributed by atoms with E-state index < -0.39 is 34.2 Å². The Hall–Kier alpha value is -1.80. The van der Waals surface area contributed by atoms with Crippen LogP contribution in [0.4, 0.5) is 0 Å². The SMILES string of the molecule is C=CCCCCOC(=O)[C@@H]1[C@@H]2CC(C)C3(S2)C(C(=O)N(CC=C)C(C)(C)C)N([C@@H](CC)CO)C(=O)[C@H]13. The van der Waals surface area contributed by atoms with Gasteiger partial charge in [-0.25, -0.2) is 0 Å². The minimum atomic E-state index is -0.748. The Kier molecular flexibility index (Phi) is 9.03.